The van der Waals surface area contributed by atoms with E-state index in [2.05, 4.69) is 0 Å². The Balaban J connectivity index is 1.52. The minimum absolute atomic E-state index is 0.111. The molecule has 0 bridgehead atoms. The summed E-state index contributed by atoms with van der Waals surface area (Å²) in [5.74, 6) is 0.103. The number of carbonyl (C=O) groups is 2. The zero-order chi connectivity index (χ0) is 21.6. The molecule has 0 radical (unpaired) electrons. The summed E-state index contributed by atoms with van der Waals surface area (Å²) in [5, 5.41) is 19.5. The van der Waals surface area contributed by atoms with E-state index in [9.17, 15) is 14.6 Å². The van der Waals surface area contributed by atoms with Crippen LogP contribution < -0.4 is 0 Å². The van der Waals surface area contributed by atoms with E-state index >= 15 is 0 Å². The van der Waals surface area contributed by atoms with Gasteiger partial charge in [-0.3, -0.25) is 14.5 Å². The quantitative estimate of drug-likeness (QED) is 0.437. The maximum absolute atomic E-state index is 12.7. The van der Waals surface area contributed by atoms with Crippen LogP contribution in [0.2, 0.25) is 6.32 Å². The summed E-state index contributed by atoms with van der Waals surface area (Å²) in [5.41, 5.74) is 3.29. The van der Waals surface area contributed by atoms with Crippen molar-refractivity contribution in [3.63, 3.8) is 0 Å². The minimum Gasteiger partial charge on any atom is -0.459 e. The van der Waals surface area contributed by atoms with E-state index in [1.54, 1.807) is 13.1 Å². The number of aliphatic hydroxyl groups excluding tert-OH is 1. The zero-order valence-corrected chi connectivity index (χ0v) is 17.6. The maximum Gasteiger partial charge on any atom is 0.455 e. The number of allylic oxidation sites excluding steroid dienone is 2. The number of furan rings is 1. The fraction of sp³-hybridized carbons (Fsp3) is 0.545. The standard InChI is InChI=1S/C22H28BNO6/c1-12(8-14-5-6-15(11-25)29-14)4-7-18-19-13(2)9-16-20(17(19)10-23(28)30-18)22(27)24(3)21(16)26/h5-6,8,16-18,20,25,28H,4,7,9-11H2,1-3H3/b12-8+/t16-,17+,18-,20-/m1/s1. The zero-order valence-electron chi connectivity index (χ0n) is 17.6. The monoisotopic (exact) mass is 413 g/mol. The Morgan fingerprint density at radius 2 is 2.07 bits per heavy atom. The summed E-state index contributed by atoms with van der Waals surface area (Å²) in [4.78, 5) is 26.5. The number of hydrogen-bond acceptors (Lipinski definition) is 6. The van der Waals surface area contributed by atoms with Crippen LogP contribution in [-0.4, -0.2) is 47.1 Å². The predicted octanol–water partition coefficient (Wildman–Crippen LogP) is 2.40. The molecule has 7 nitrogen and oxygen atoms in total. The van der Waals surface area contributed by atoms with E-state index in [1.807, 2.05) is 26.0 Å². The molecule has 2 fully saturated rings. The Kier molecular flexibility index (Phi) is 5.74. The molecule has 3 heterocycles. The summed E-state index contributed by atoms with van der Waals surface area (Å²) < 4.78 is 11.4. The van der Waals surface area contributed by atoms with Crippen LogP contribution in [0.1, 0.15) is 44.6 Å². The van der Waals surface area contributed by atoms with Crippen molar-refractivity contribution in [1.82, 2.24) is 4.90 Å². The number of hydrogen-bond donors (Lipinski definition) is 2. The molecule has 2 saturated heterocycles. The maximum atomic E-state index is 12.7. The summed E-state index contributed by atoms with van der Waals surface area (Å²) in [6.45, 7) is 3.89. The van der Waals surface area contributed by atoms with Crippen LogP contribution in [0.3, 0.4) is 0 Å². The van der Waals surface area contributed by atoms with E-state index in [-0.39, 0.29) is 42.3 Å². The van der Waals surface area contributed by atoms with Gasteiger partial charge in [0.15, 0.2) is 0 Å². The molecule has 160 valence electrons. The van der Waals surface area contributed by atoms with Gasteiger partial charge in [0.05, 0.1) is 17.9 Å². The molecule has 30 heavy (non-hydrogen) atoms. The first-order valence-corrected chi connectivity index (χ1v) is 10.5. The molecule has 0 spiro atoms. The molecule has 0 unspecified atom stereocenters. The van der Waals surface area contributed by atoms with Gasteiger partial charge in [-0.1, -0.05) is 11.1 Å². The van der Waals surface area contributed by atoms with Crippen molar-refractivity contribution in [2.75, 3.05) is 7.05 Å². The first-order valence-electron chi connectivity index (χ1n) is 10.5. The topological polar surface area (TPSA) is 100 Å². The van der Waals surface area contributed by atoms with Gasteiger partial charge in [-0.25, -0.2) is 0 Å². The lowest BCUT2D eigenvalue weighted by Crippen LogP contribution is -2.45. The fourth-order valence-electron chi connectivity index (χ4n) is 5.31. The van der Waals surface area contributed by atoms with Gasteiger partial charge in [-0.05, 0) is 69.1 Å². The number of fused-ring (bicyclic) bond motifs is 3. The highest BCUT2D eigenvalue weighted by Crippen LogP contribution is 2.50. The lowest BCUT2D eigenvalue weighted by atomic mass is 9.59. The van der Waals surface area contributed by atoms with Crippen molar-refractivity contribution < 1.29 is 28.8 Å². The molecule has 2 N–H and O–H groups in total. The van der Waals surface area contributed by atoms with E-state index < -0.39 is 7.12 Å². The molecule has 4 rings (SSSR count). The second-order valence-corrected chi connectivity index (χ2v) is 8.72. The summed E-state index contributed by atoms with van der Waals surface area (Å²) in [6.07, 6.45) is 3.99. The predicted molar refractivity (Wildman–Crippen MR) is 111 cm³/mol. The van der Waals surface area contributed by atoms with Gasteiger partial charge in [-0.15, -0.1) is 0 Å². The van der Waals surface area contributed by atoms with E-state index in [4.69, 9.17) is 14.2 Å². The van der Waals surface area contributed by atoms with Crippen LogP contribution in [0.15, 0.2) is 33.3 Å². The molecule has 2 aliphatic heterocycles. The number of amides is 2. The Hall–Kier alpha value is -2.16. The number of imide groups is 1. The van der Waals surface area contributed by atoms with Crippen LogP contribution >= 0.6 is 0 Å². The van der Waals surface area contributed by atoms with Crippen molar-refractivity contribution in [2.45, 2.75) is 52.1 Å². The number of carbonyl (C=O) groups excluding carboxylic acids is 2. The third kappa shape index (κ3) is 3.68. The van der Waals surface area contributed by atoms with Gasteiger partial charge in [0, 0.05) is 7.05 Å². The average Bonchev–Trinajstić information content (AvgIpc) is 3.24. The molecule has 2 amide bonds. The molecule has 4 atom stereocenters. The average molecular weight is 413 g/mol. The molecule has 1 aliphatic carbocycles. The van der Waals surface area contributed by atoms with Gasteiger partial charge in [0.2, 0.25) is 11.8 Å². The van der Waals surface area contributed by atoms with Gasteiger partial charge in [0.25, 0.3) is 0 Å². The molecule has 0 saturated carbocycles. The Morgan fingerprint density at radius 1 is 1.30 bits per heavy atom. The van der Waals surface area contributed by atoms with Crippen LogP contribution in [-0.2, 0) is 20.9 Å². The van der Waals surface area contributed by atoms with Gasteiger partial charge < -0.3 is 19.2 Å². The highest BCUT2D eigenvalue weighted by Gasteiger charge is 2.55. The number of likely N-dealkylation sites (tertiary alicyclic amines) is 1. The number of aliphatic hydroxyl groups is 1. The summed E-state index contributed by atoms with van der Waals surface area (Å²) in [6, 6.07) is 3.56. The Bertz CT molecular complexity index is 918. The molecule has 0 aromatic carbocycles. The molecule has 1 aromatic heterocycles. The first-order chi connectivity index (χ1) is 14.3. The fourth-order valence-corrected chi connectivity index (χ4v) is 5.31. The highest BCUT2D eigenvalue weighted by atomic mass is 16.5. The largest absolute Gasteiger partial charge is 0.459 e. The normalized spacial score (nSPS) is 29.6. The molecular formula is C22H28BNO6. The summed E-state index contributed by atoms with van der Waals surface area (Å²) >= 11 is 0. The molecule has 3 aliphatic rings. The van der Waals surface area contributed by atoms with E-state index in [0.717, 1.165) is 23.1 Å². The molecular weight excluding hydrogens is 385 g/mol. The van der Waals surface area contributed by atoms with Gasteiger partial charge in [-0.2, -0.15) is 0 Å². The highest BCUT2D eigenvalue weighted by molar-refractivity contribution is 6.43. The lowest BCUT2D eigenvalue weighted by Gasteiger charge is -2.42. The van der Waals surface area contributed by atoms with Crippen LogP contribution in [0, 0.1) is 17.8 Å². The SMILES string of the molecule is CC1=C2[C@@H](CC/C(C)=C/c3ccc(CO)o3)OB(O)C[C@@H]2[C@@H]2C(=O)N(C)C(=O)[C@@H]2C1. The first kappa shape index (κ1) is 21.1. The van der Waals surface area contributed by atoms with Crippen LogP contribution in [0.25, 0.3) is 6.08 Å². The van der Waals surface area contributed by atoms with Crippen molar-refractivity contribution in [3.8, 4) is 0 Å². The second kappa shape index (κ2) is 8.17. The van der Waals surface area contributed by atoms with Gasteiger partial charge in [0.1, 0.15) is 18.1 Å². The minimum atomic E-state index is -0.939. The number of nitrogens with zero attached hydrogens (tertiary/aromatic N) is 1. The van der Waals surface area contributed by atoms with E-state index in [0.29, 0.717) is 30.7 Å². The Labute approximate surface area is 176 Å². The van der Waals surface area contributed by atoms with Gasteiger partial charge >= 0.3 is 7.12 Å². The van der Waals surface area contributed by atoms with Crippen LogP contribution in [0.4, 0.5) is 0 Å². The Morgan fingerprint density at radius 3 is 2.77 bits per heavy atom. The van der Waals surface area contributed by atoms with Crippen molar-refractivity contribution in [1.29, 1.82) is 0 Å². The number of rotatable bonds is 5. The third-order valence-corrected chi connectivity index (χ3v) is 6.70. The lowest BCUT2D eigenvalue weighted by molar-refractivity contribution is -0.138. The van der Waals surface area contributed by atoms with Crippen molar-refractivity contribution >= 4 is 25.0 Å². The van der Waals surface area contributed by atoms with E-state index in [1.165, 1.54) is 4.90 Å². The van der Waals surface area contributed by atoms with Crippen molar-refractivity contribution in [3.05, 3.63) is 40.4 Å². The summed E-state index contributed by atoms with van der Waals surface area (Å²) in [7, 11) is 0.613. The molecule has 8 heteroatoms. The smallest absolute Gasteiger partial charge is 0.455 e. The van der Waals surface area contributed by atoms with Crippen molar-refractivity contribution in [2.24, 2.45) is 17.8 Å². The molecule has 1 aromatic rings. The van der Waals surface area contributed by atoms with Crippen LogP contribution in [0.5, 0.6) is 0 Å². The second-order valence-electron chi connectivity index (χ2n) is 8.72. The third-order valence-electron chi connectivity index (χ3n) is 6.70.